The molecule has 0 saturated heterocycles. The number of nitrogens with zero attached hydrogens (tertiary/aromatic N) is 3. The fourth-order valence-corrected chi connectivity index (χ4v) is 2.42. The van der Waals surface area contributed by atoms with Gasteiger partial charge in [-0.1, -0.05) is 4.40 Å². The first kappa shape index (κ1) is 20.5. The van der Waals surface area contributed by atoms with Crippen molar-refractivity contribution in [3.63, 3.8) is 0 Å². The summed E-state index contributed by atoms with van der Waals surface area (Å²) in [5.74, 6) is -3.68. The standard InChI is InChI=1S/C14H20F3N3O3S/c1-13(2,3)24(23)19-11(9-7-18-20(4)8-9)5-10(6-12(21)22)14(15,16)17/h7-8,10H,5-6H2,1-4H3,(H,21,22). The molecular weight excluding hydrogens is 347 g/mol. The first-order valence-corrected chi connectivity index (χ1v) is 8.18. The van der Waals surface area contributed by atoms with E-state index in [4.69, 9.17) is 5.11 Å². The molecule has 136 valence electrons. The summed E-state index contributed by atoms with van der Waals surface area (Å²) in [5.41, 5.74) is 0.217. The molecule has 0 aliphatic carbocycles. The largest absolute Gasteiger partial charge is 0.591 e. The molecule has 6 nitrogen and oxygen atoms in total. The second-order valence-electron chi connectivity index (χ2n) is 6.34. The predicted octanol–water partition coefficient (Wildman–Crippen LogP) is 2.71. The number of rotatable bonds is 6. The van der Waals surface area contributed by atoms with E-state index in [0.717, 1.165) is 0 Å². The normalized spacial score (nSPS) is 16.1. The maximum atomic E-state index is 13.1. The summed E-state index contributed by atoms with van der Waals surface area (Å²) in [4.78, 5) is 10.7. The summed E-state index contributed by atoms with van der Waals surface area (Å²) in [6.45, 7) is 4.93. The molecule has 2 unspecified atom stereocenters. The molecule has 0 aliphatic rings. The summed E-state index contributed by atoms with van der Waals surface area (Å²) in [5, 5.41) is 12.6. The minimum absolute atomic E-state index is 0.0695. The van der Waals surface area contributed by atoms with Gasteiger partial charge in [-0.05, 0) is 20.8 Å². The van der Waals surface area contributed by atoms with Crippen molar-refractivity contribution in [2.75, 3.05) is 0 Å². The Morgan fingerprint density at radius 1 is 1.42 bits per heavy atom. The fraction of sp³-hybridized carbons (Fsp3) is 0.643. The molecule has 1 rings (SSSR count). The highest BCUT2D eigenvalue weighted by atomic mass is 32.2. The number of carboxylic acid groups (broad SMARTS) is 1. The highest BCUT2D eigenvalue weighted by Gasteiger charge is 2.42. The maximum absolute atomic E-state index is 13.1. The third kappa shape index (κ3) is 6.16. The molecule has 1 aromatic rings. The highest BCUT2D eigenvalue weighted by molar-refractivity contribution is 7.91. The molecule has 0 bridgehead atoms. The zero-order chi connectivity index (χ0) is 18.7. The molecule has 1 N–H and O–H groups in total. The number of carboxylic acids is 1. The lowest BCUT2D eigenvalue weighted by Gasteiger charge is -2.21. The van der Waals surface area contributed by atoms with E-state index in [9.17, 15) is 22.5 Å². The van der Waals surface area contributed by atoms with Gasteiger partial charge in [0.2, 0.25) is 0 Å². The molecule has 1 heterocycles. The molecule has 0 radical (unpaired) electrons. The lowest BCUT2D eigenvalue weighted by Crippen LogP contribution is -2.30. The van der Waals surface area contributed by atoms with Crippen LogP contribution in [-0.4, -0.2) is 42.0 Å². The second-order valence-corrected chi connectivity index (χ2v) is 8.25. The summed E-state index contributed by atoms with van der Waals surface area (Å²) in [6, 6.07) is 0. The van der Waals surface area contributed by atoms with Crippen LogP contribution in [0.3, 0.4) is 0 Å². The Bertz CT molecular complexity index is 608. The van der Waals surface area contributed by atoms with Gasteiger partial charge in [0.1, 0.15) is 21.8 Å². The Morgan fingerprint density at radius 3 is 2.38 bits per heavy atom. The number of aryl methyl sites for hydroxylation is 1. The van der Waals surface area contributed by atoms with Crippen molar-refractivity contribution in [2.45, 2.75) is 44.5 Å². The van der Waals surface area contributed by atoms with Crippen molar-refractivity contribution in [3.05, 3.63) is 18.0 Å². The Kier molecular flexibility index (Phi) is 6.45. The average Bonchev–Trinajstić information content (AvgIpc) is 2.80. The van der Waals surface area contributed by atoms with Gasteiger partial charge in [0.15, 0.2) is 0 Å². The van der Waals surface area contributed by atoms with Gasteiger partial charge in [0.25, 0.3) is 0 Å². The van der Waals surface area contributed by atoms with Gasteiger partial charge >= 0.3 is 12.1 Å². The highest BCUT2D eigenvalue weighted by Crippen LogP contribution is 2.33. The van der Waals surface area contributed by atoms with E-state index in [2.05, 4.69) is 9.50 Å². The topological polar surface area (TPSA) is 90.5 Å². The SMILES string of the molecule is Cn1cc(C(CC(CC(=O)O)C(F)(F)F)=N[S+]([O-])C(C)(C)C)cn1. The molecule has 2 atom stereocenters. The van der Waals surface area contributed by atoms with E-state index in [-0.39, 0.29) is 11.3 Å². The van der Waals surface area contributed by atoms with Crippen molar-refractivity contribution in [3.8, 4) is 0 Å². The lowest BCUT2D eigenvalue weighted by atomic mass is 9.95. The molecule has 24 heavy (non-hydrogen) atoms. The molecule has 0 amide bonds. The number of hydrogen-bond donors (Lipinski definition) is 1. The molecule has 0 saturated carbocycles. The van der Waals surface area contributed by atoms with Gasteiger partial charge in [-0.3, -0.25) is 9.48 Å². The third-order valence-corrected chi connectivity index (χ3v) is 4.51. The van der Waals surface area contributed by atoms with Gasteiger partial charge in [0.05, 0.1) is 18.5 Å². The Balaban J connectivity index is 3.22. The number of aliphatic carboxylic acids is 1. The van der Waals surface area contributed by atoms with Crippen LogP contribution in [0.2, 0.25) is 0 Å². The van der Waals surface area contributed by atoms with E-state index in [1.54, 1.807) is 27.8 Å². The monoisotopic (exact) mass is 367 g/mol. The summed E-state index contributed by atoms with van der Waals surface area (Å²) < 4.78 is 56.1. The maximum Gasteiger partial charge on any atom is 0.392 e. The van der Waals surface area contributed by atoms with Crippen LogP contribution in [0.15, 0.2) is 16.8 Å². The third-order valence-electron chi connectivity index (χ3n) is 3.08. The summed E-state index contributed by atoms with van der Waals surface area (Å²) in [6.07, 6.45) is -3.70. The number of aromatic nitrogens is 2. The van der Waals surface area contributed by atoms with Gasteiger partial charge in [-0.15, -0.1) is 0 Å². The second kappa shape index (κ2) is 7.56. The molecular formula is C14H20F3N3O3S. The predicted molar refractivity (Wildman–Crippen MR) is 84.1 cm³/mol. The zero-order valence-electron chi connectivity index (χ0n) is 13.8. The Labute approximate surface area is 141 Å². The minimum atomic E-state index is -4.70. The number of halogens is 3. The van der Waals surface area contributed by atoms with E-state index >= 15 is 0 Å². The van der Waals surface area contributed by atoms with E-state index in [0.29, 0.717) is 0 Å². The van der Waals surface area contributed by atoms with Gasteiger partial charge in [-0.2, -0.15) is 18.3 Å². The first-order valence-electron chi connectivity index (χ1n) is 7.07. The van der Waals surface area contributed by atoms with Gasteiger partial charge in [0, 0.05) is 25.2 Å². The molecule has 0 aromatic carbocycles. The van der Waals surface area contributed by atoms with Crippen LogP contribution in [0.25, 0.3) is 0 Å². The molecule has 0 aliphatic heterocycles. The summed E-state index contributed by atoms with van der Waals surface area (Å²) in [7, 11) is 1.58. The fourth-order valence-electron chi connectivity index (χ4n) is 1.76. The van der Waals surface area contributed by atoms with Crippen molar-refractivity contribution in [1.29, 1.82) is 0 Å². The Hall–Kier alpha value is -1.55. The Morgan fingerprint density at radius 2 is 2.00 bits per heavy atom. The molecule has 0 fully saturated rings. The number of alkyl halides is 3. The van der Waals surface area contributed by atoms with E-state index < -0.39 is 47.0 Å². The van der Waals surface area contributed by atoms with Crippen LogP contribution in [0.4, 0.5) is 13.2 Å². The van der Waals surface area contributed by atoms with Crippen LogP contribution in [0.5, 0.6) is 0 Å². The minimum Gasteiger partial charge on any atom is -0.591 e. The summed E-state index contributed by atoms with van der Waals surface area (Å²) >= 11 is -1.78. The van der Waals surface area contributed by atoms with Crippen molar-refractivity contribution >= 4 is 23.0 Å². The first-order chi connectivity index (χ1) is 10.8. The number of hydrogen-bond acceptors (Lipinski definition) is 4. The van der Waals surface area contributed by atoms with Crippen LogP contribution >= 0.6 is 0 Å². The molecule has 0 spiro atoms. The zero-order valence-corrected chi connectivity index (χ0v) is 14.6. The molecule has 10 heteroatoms. The van der Waals surface area contributed by atoms with E-state index in [1.807, 2.05) is 0 Å². The van der Waals surface area contributed by atoms with Crippen molar-refractivity contribution < 1.29 is 27.6 Å². The van der Waals surface area contributed by atoms with Crippen molar-refractivity contribution in [1.82, 2.24) is 9.78 Å². The van der Waals surface area contributed by atoms with Crippen LogP contribution in [0, 0.1) is 5.92 Å². The van der Waals surface area contributed by atoms with E-state index in [1.165, 1.54) is 17.1 Å². The quantitative estimate of drug-likeness (QED) is 0.618. The van der Waals surface area contributed by atoms with Crippen LogP contribution in [-0.2, 0) is 23.2 Å². The van der Waals surface area contributed by atoms with Crippen LogP contribution < -0.4 is 0 Å². The van der Waals surface area contributed by atoms with Gasteiger partial charge in [-0.25, -0.2) is 0 Å². The smallest absolute Gasteiger partial charge is 0.392 e. The van der Waals surface area contributed by atoms with Gasteiger partial charge < -0.3 is 9.66 Å². The van der Waals surface area contributed by atoms with Crippen molar-refractivity contribution in [2.24, 2.45) is 17.4 Å². The number of carbonyl (C=O) groups is 1. The lowest BCUT2D eigenvalue weighted by molar-refractivity contribution is -0.181. The molecule has 1 aromatic heterocycles. The average molecular weight is 367 g/mol. The van der Waals surface area contributed by atoms with Crippen LogP contribution in [0.1, 0.15) is 39.2 Å².